The van der Waals surface area contributed by atoms with E-state index in [-0.39, 0.29) is 5.91 Å². The van der Waals surface area contributed by atoms with Crippen molar-refractivity contribution in [2.24, 2.45) is 0 Å². The molecule has 29 heavy (non-hydrogen) atoms. The Morgan fingerprint density at radius 1 is 0.897 bits per heavy atom. The summed E-state index contributed by atoms with van der Waals surface area (Å²) in [5, 5.41) is 6.03. The van der Waals surface area contributed by atoms with Crippen LogP contribution in [0, 0.1) is 0 Å². The standard InChI is InChI=1S/C23H23N3O3/c1-15(2)16-7-9-19(10-8-16)25-21-12-18(13-24-14-21)22(27)26-20-6-4-5-17(11-20)23(28)29-3/h4-15,25H,1-3H3,(H,26,27). The lowest BCUT2D eigenvalue weighted by atomic mass is 10.0. The monoisotopic (exact) mass is 389 g/mol. The number of nitrogens with one attached hydrogen (secondary N) is 2. The first kappa shape index (κ1) is 20.1. The van der Waals surface area contributed by atoms with Crippen molar-refractivity contribution in [1.82, 2.24) is 4.98 Å². The Labute approximate surface area is 169 Å². The number of pyridine rings is 1. The Balaban J connectivity index is 1.72. The number of aromatic nitrogens is 1. The number of hydrogen-bond donors (Lipinski definition) is 2. The zero-order chi connectivity index (χ0) is 20.8. The van der Waals surface area contributed by atoms with E-state index in [1.165, 1.54) is 18.9 Å². The maximum Gasteiger partial charge on any atom is 0.337 e. The number of carbonyl (C=O) groups is 2. The van der Waals surface area contributed by atoms with Gasteiger partial charge in [-0.2, -0.15) is 0 Å². The number of amides is 1. The van der Waals surface area contributed by atoms with Crippen molar-refractivity contribution in [2.45, 2.75) is 19.8 Å². The van der Waals surface area contributed by atoms with Gasteiger partial charge in [-0.3, -0.25) is 9.78 Å². The quantitative estimate of drug-likeness (QED) is 0.581. The number of methoxy groups -OCH3 is 1. The third-order valence-electron chi connectivity index (χ3n) is 4.41. The fourth-order valence-electron chi connectivity index (χ4n) is 2.80. The summed E-state index contributed by atoms with van der Waals surface area (Å²) >= 11 is 0. The van der Waals surface area contributed by atoms with E-state index in [2.05, 4.69) is 41.6 Å². The second-order valence-electron chi connectivity index (χ2n) is 6.89. The number of ether oxygens (including phenoxy) is 1. The van der Waals surface area contributed by atoms with Crippen LogP contribution in [0.15, 0.2) is 67.0 Å². The van der Waals surface area contributed by atoms with E-state index in [0.717, 1.165) is 5.69 Å². The summed E-state index contributed by atoms with van der Waals surface area (Å²) in [6.07, 6.45) is 3.15. The maximum absolute atomic E-state index is 12.6. The number of benzene rings is 2. The van der Waals surface area contributed by atoms with Gasteiger partial charge in [0.15, 0.2) is 0 Å². The van der Waals surface area contributed by atoms with E-state index in [1.807, 2.05) is 12.1 Å². The van der Waals surface area contributed by atoms with Crippen LogP contribution in [0.2, 0.25) is 0 Å². The van der Waals surface area contributed by atoms with Gasteiger partial charge in [-0.1, -0.05) is 32.0 Å². The first-order valence-electron chi connectivity index (χ1n) is 9.28. The molecule has 0 saturated heterocycles. The molecule has 0 fully saturated rings. The molecule has 1 heterocycles. The number of rotatable bonds is 6. The van der Waals surface area contributed by atoms with E-state index in [9.17, 15) is 9.59 Å². The van der Waals surface area contributed by atoms with Crippen LogP contribution in [0.25, 0.3) is 0 Å². The normalized spacial score (nSPS) is 10.5. The lowest BCUT2D eigenvalue weighted by molar-refractivity contribution is 0.0600. The summed E-state index contributed by atoms with van der Waals surface area (Å²) < 4.78 is 4.70. The summed E-state index contributed by atoms with van der Waals surface area (Å²) in [7, 11) is 1.31. The third kappa shape index (κ3) is 5.19. The SMILES string of the molecule is COC(=O)c1cccc(NC(=O)c2cncc(Nc3ccc(C(C)C)cc3)c2)c1. The zero-order valence-electron chi connectivity index (χ0n) is 16.6. The van der Waals surface area contributed by atoms with Crippen LogP contribution in [0.4, 0.5) is 17.1 Å². The Morgan fingerprint density at radius 3 is 2.31 bits per heavy atom. The summed E-state index contributed by atoms with van der Waals surface area (Å²) in [5.74, 6) is -0.314. The van der Waals surface area contributed by atoms with Gasteiger partial charge >= 0.3 is 5.97 Å². The molecule has 0 bridgehead atoms. The molecule has 3 rings (SSSR count). The molecule has 1 amide bonds. The summed E-state index contributed by atoms with van der Waals surface area (Å²) in [5.41, 5.74) is 4.15. The molecule has 0 atom stereocenters. The highest BCUT2D eigenvalue weighted by Crippen LogP contribution is 2.21. The van der Waals surface area contributed by atoms with Crippen LogP contribution < -0.4 is 10.6 Å². The fraction of sp³-hybridized carbons (Fsp3) is 0.174. The predicted molar refractivity (Wildman–Crippen MR) is 114 cm³/mol. The van der Waals surface area contributed by atoms with Crippen molar-refractivity contribution in [3.05, 3.63) is 83.7 Å². The highest BCUT2D eigenvalue weighted by molar-refractivity contribution is 6.05. The maximum atomic E-state index is 12.6. The summed E-state index contributed by atoms with van der Waals surface area (Å²) in [6.45, 7) is 4.30. The molecule has 2 aromatic carbocycles. The molecule has 0 unspecified atom stereocenters. The number of esters is 1. The Bertz CT molecular complexity index is 1010. The van der Waals surface area contributed by atoms with E-state index >= 15 is 0 Å². The number of carbonyl (C=O) groups excluding carboxylic acids is 2. The summed E-state index contributed by atoms with van der Waals surface area (Å²) in [6, 6.07) is 16.4. The smallest absolute Gasteiger partial charge is 0.337 e. The molecular weight excluding hydrogens is 366 g/mol. The van der Waals surface area contributed by atoms with Crippen molar-refractivity contribution >= 4 is 28.9 Å². The third-order valence-corrected chi connectivity index (χ3v) is 4.41. The Hall–Kier alpha value is -3.67. The van der Waals surface area contributed by atoms with E-state index in [0.29, 0.717) is 28.4 Å². The molecule has 0 radical (unpaired) electrons. The topological polar surface area (TPSA) is 80.3 Å². The van der Waals surface area contributed by atoms with Gasteiger partial charge in [-0.05, 0) is 47.9 Å². The Morgan fingerprint density at radius 2 is 1.62 bits per heavy atom. The van der Waals surface area contributed by atoms with Gasteiger partial charge in [-0.25, -0.2) is 4.79 Å². The molecule has 0 spiro atoms. The van der Waals surface area contributed by atoms with Crippen molar-refractivity contribution < 1.29 is 14.3 Å². The van der Waals surface area contributed by atoms with Crippen LogP contribution in [-0.4, -0.2) is 24.0 Å². The van der Waals surface area contributed by atoms with Crippen LogP contribution in [0.5, 0.6) is 0 Å². The molecule has 3 aromatic rings. The van der Waals surface area contributed by atoms with Gasteiger partial charge in [0, 0.05) is 17.6 Å². The van der Waals surface area contributed by atoms with E-state index < -0.39 is 5.97 Å². The van der Waals surface area contributed by atoms with Crippen molar-refractivity contribution in [2.75, 3.05) is 17.7 Å². The molecule has 0 saturated carbocycles. The second-order valence-corrected chi connectivity index (χ2v) is 6.89. The molecule has 0 aliphatic rings. The molecule has 148 valence electrons. The van der Waals surface area contributed by atoms with Gasteiger partial charge in [0.2, 0.25) is 0 Å². The largest absolute Gasteiger partial charge is 0.465 e. The minimum atomic E-state index is -0.461. The molecule has 6 nitrogen and oxygen atoms in total. The lowest BCUT2D eigenvalue weighted by Gasteiger charge is -2.11. The molecular formula is C23H23N3O3. The lowest BCUT2D eigenvalue weighted by Crippen LogP contribution is -2.13. The van der Waals surface area contributed by atoms with E-state index in [4.69, 9.17) is 4.74 Å². The fourth-order valence-corrected chi connectivity index (χ4v) is 2.80. The van der Waals surface area contributed by atoms with Crippen LogP contribution in [0.1, 0.15) is 46.0 Å². The van der Waals surface area contributed by atoms with Gasteiger partial charge in [0.05, 0.1) is 30.1 Å². The first-order chi connectivity index (χ1) is 14.0. The van der Waals surface area contributed by atoms with Gasteiger partial charge < -0.3 is 15.4 Å². The van der Waals surface area contributed by atoms with Crippen LogP contribution in [0.3, 0.4) is 0 Å². The number of anilines is 3. The second kappa shape index (κ2) is 9.01. The molecule has 0 aliphatic heterocycles. The molecule has 0 aliphatic carbocycles. The van der Waals surface area contributed by atoms with E-state index in [1.54, 1.807) is 36.5 Å². The summed E-state index contributed by atoms with van der Waals surface area (Å²) in [4.78, 5) is 28.4. The van der Waals surface area contributed by atoms with Crippen LogP contribution >= 0.6 is 0 Å². The molecule has 1 aromatic heterocycles. The van der Waals surface area contributed by atoms with Gasteiger partial charge in [0.25, 0.3) is 5.91 Å². The number of nitrogens with zero attached hydrogens (tertiary/aromatic N) is 1. The van der Waals surface area contributed by atoms with Crippen molar-refractivity contribution in [3.8, 4) is 0 Å². The minimum Gasteiger partial charge on any atom is -0.465 e. The van der Waals surface area contributed by atoms with Gasteiger partial charge in [0.1, 0.15) is 0 Å². The highest BCUT2D eigenvalue weighted by atomic mass is 16.5. The van der Waals surface area contributed by atoms with Crippen molar-refractivity contribution in [1.29, 1.82) is 0 Å². The van der Waals surface area contributed by atoms with Crippen LogP contribution in [-0.2, 0) is 4.74 Å². The Kier molecular flexibility index (Phi) is 6.24. The van der Waals surface area contributed by atoms with Crippen molar-refractivity contribution in [3.63, 3.8) is 0 Å². The number of hydrogen-bond acceptors (Lipinski definition) is 5. The highest BCUT2D eigenvalue weighted by Gasteiger charge is 2.10. The molecule has 2 N–H and O–H groups in total. The average molecular weight is 389 g/mol. The van der Waals surface area contributed by atoms with Gasteiger partial charge in [-0.15, -0.1) is 0 Å². The predicted octanol–water partition coefficient (Wildman–Crippen LogP) is 4.99. The first-order valence-corrected chi connectivity index (χ1v) is 9.28. The molecule has 6 heteroatoms. The minimum absolute atomic E-state index is 0.321. The zero-order valence-corrected chi connectivity index (χ0v) is 16.6. The average Bonchev–Trinajstić information content (AvgIpc) is 2.74.